The first kappa shape index (κ1) is 38.2. The van der Waals surface area contributed by atoms with Crippen molar-refractivity contribution in [2.24, 2.45) is 0 Å². The fraction of sp³-hybridized carbons (Fsp3) is 0.697. The second kappa shape index (κ2) is 15.1. The van der Waals surface area contributed by atoms with E-state index in [0.29, 0.717) is 24.3 Å². The summed E-state index contributed by atoms with van der Waals surface area (Å²) in [6, 6.07) is 2.95. The molecule has 0 saturated heterocycles. The Morgan fingerprint density at radius 1 is 0.978 bits per heavy atom. The Hall–Kier alpha value is -2.96. The lowest BCUT2D eigenvalue weighted by atomic mass is 10.1. The minimum Gasteiger partial charge on any atom is -0.485 e. The molecular formula is C33H54N2O9Si. The first-order valence-corrected chi connectivity index (χ1v) is 18.5. The van der Waals surface area contributed by atoms with Crippen LogP contribution in [-0.2, 0) is 34.8 Å². The van der Waals surface area contributed by atoms with Gasteiger partial charge in [-0.1, -0.05) is 26.8 Å². The number of esters is 2. The zero-order chi connectivity index (χ0) is 34.4. The molecular weight excluding hydrogens is 596 g/mol. The number of nitro benzene ring substituents is 1. The SMILES string of the molecule is C=CCO[C@H]1CCC[C@@H]1Oc1cc([N+](=O)[O-])c(CO[Si](C)(C)C(C)(C)C)cc1N(CC(=O)OC(C)(C)C)CC(=O)OC(C)(C)C. The van der Waals surface area contributed by atoms with Gasteiger partial charge in [-0.05, 0) is 85.0 Å². The Kier molecular flexibility index (Phi) is 12.8. The molecule has 2 atom stereocenters. The van der Waals surface area contributed by atoms with Crippen molar-refractivity contribution >= 4 is 31.6 Å². The van der Waals surface area contributed by atoms with Crippen LogP contribution >= 0.6 is 0 Å². The number of hydrogen-bond acceptors (Lipinski definition) is 10. The highest BCUT2D eigenvalue weighted by Gasteiger charge is 2.38. The number of hydrogen-bond donors (Lipinski definition) is 0. The number of rotatable bonds is 14. The van der Waals surface area contributed by atoms with Gasteiger partial charge in [0, 0.05) is 0 Å². The van der Waals surface area contributed by atoms with Crippen LogP contribution in [-0.4, -0.2) is 68.3 Å². The first-order valence-electron chi connectivity index (χ1n) is 15.6. The molecule has 12 heteroatoms. The molecule has 0 heterocycles. The van der Waals surface area contributed by atoms with Crippen LogP contribution in [0.5, 0.6) is 5.75 Å². The second-order valence-electron chi connectivity index (χ2n) is 15.0. The van der Waals surface area contributed by atoms with E-state index < -0.39 is 42.5 Å². The molecule has 0 spiro atoms. The molecule has 45 heavy (non-hydrogen) atoms. The predicted octanol–water partition coefficient (Wildman–Crippen LogP) is 7.11. The van der Waals surface area contributed by atoms with Crippen molar-refractivity contribution in [3.8, 4) is 5.75 Å². The Morgan fingerprint density at radius 2 is 1.51 bits per heavy atom. The number of carbonyl (C=O) groups is 2. The minimum absolute atomic E-state index is 0.0265. The van der Waals surface area contributed by atoms with Gasteiger partial charge in [0.2, 0.25) is 0 Å². The Morgan fingerprint density at radius 3 is 1.98 bits per heavy atom. The third-order valence-corrected chi connectivity index (χ3v) is 12.1. The van der Waals surface area contributed by atoms with Gasteiger partial charge in [-0.3, -0.25) is 19.7 Å². The van der Waals surface area contributed by atoms with E-state index >= 15 is 0 Å². The van der Waals surface area contributed by atoms with Crippen LogP contribution in [0, 0.1) is 10.1 Å². The normalized spacial score (nSPS) is 17.5. The molecule has 1 fully saturated rings. The standard InChI is InChI=1S/C33H54N2O9Si/c1-13-17-40-26-15-14-16-27(26)42-28-19-24(35(38)39)23(22-41-45(11,12)33(8,9)10)18-25(28)34(20-29(36)43-31(2,3)4)21-30(37)44-32(5,6)7/h13,18-19,26-27H,1,14-17,20-22H2,2-12H3/t26-,27-/m0/s1. The number of carbonyl (C=O) groups excluding carboxylic acids is 2. The molecule has 2 rings (SSSR count). The maximum absolute atomic E-state index is 13.1. The third kappa shape index (κ3) is 12.1. The maximum Gasteiger partial charge on any atom is 0.326 e. The molecule has 1 aliphatic carbocycles. The molecule has 0 aromatic heterocycles. The molecule has 0 aliphatic heterocycles. The van der Waals surface area contributed by atoms with Crippen molar-refractivity contribution in [1.29, 1.82) is 0 Å². The van der Waals surface area contributed by atoms with Crippen LogP contribution in [0.1, 0.15) is 87.1 Å². The van der Waals surface area contributed by atoms with E-state index in [0.717, 1.165) is 12.8 Å². The Labute approximate surface area is 269 Å². The van der Waals surface area contributed by atoms with Gasteiger partial charge in [-0.15, -0.1) is 6.58 Å². The van der Waals surface area contributed by atoms with Gasteiger partial charge in [-0.25, -0.2) is 0 Å². The van der Waals surface area contributed by atoms with Crippen LogP contribution in [0.4, 0.5) is 11.4 Å². The zero-order valence-electron chi connectivity index (χ0n) is 29.1. The van der Waals surface area contributed by atoms with Gasteiger partial charge in [0.05, 0.1) is 41.6 Å². The van der Waals surface area contributed by atoms with Crippen LogP contribution < -0.4 is 9.64 Å². The molecule has 1 aromatic carbocycles. The maximum atomic E-state index is 13.1. The summed E-state index contributed by atoms with van der Waals surface area (Å²) >= 11 is 0. The van der Waals surface area contributed by atoms with Crippen molar-refractivity contribution in [3.05, 3.63) is 40.5 Å². The molecule has 11 nitrogen and oxygen atoms in total. The summed E-state index contributed by atoms with van der Waals surface area (Å²) in [5, 5.41) is 12.3. The molecule has 0 radical (unpaired) electrons. The summed E-state index contributed by atoms with van der Waals surface area (Å²) in [6.07, 6.45) is 3.29. The van der Waals surface area contributed by atoms with E-state index in [9.17, 15) is 19.7 Å². The van der Waals surface area contributed by atoms with E-state index in [-0.39, 0.29) is 42.3 Å². The topological polar surface area (TPSA) is 127 Å². The van der Waals surface area contributed by atoms with Crippen molar-refractivity contribution in [2.75, 3.05) is 24.6 Å². The lowest BCUT2D eigenvalue weighted by Crippen LogP contribution is -2.41. The van der Waals surface area contributed by atoms with Crippen molar-refractivity contribution < 1.29 is 37.9 Å². The highest BCUT2D eigenvalue weighted by Crippen LogP contribution is 2.41. The van der Waals surface area contributed by atoms with Gasteiger partial charge in [0.1, 0.15) is 36.1 Å². The average Bonchev–Trinajstić information content (AvgIpc) is 3.29. The number of nitro groups is 1. The number of anilines is 1. The lowest BCUT2D eigenvalue weighted by molar-refractivity contribution is -0.385. The van der Waals surface area contributed by atoms with E-state index in [4.69, 9.17) is 23.4 Å². The van der Waals surface area contributed by atoms with Gasteiger partial charge < -0.3 is 28.3 Å². The third-order valence-electron chi connectivity index (χ3n) is 7.67. The van der Waals surface area contributed by atoms with Gasteiger partial charge in [-0.2, -0.15) is 0 Å². The number of nitrogens with zero attached hydrogens (tertiary/aromatic N) is 2. The molecule has 0 unspecified atom stereocenters. The quantitative estimate of drug-likeness (QED) is 0.0676. The minimum atomic E-state index is -2.30. The number of benzene rings is 1. The van der Waals surface area contributed by atoms with Crippen molar-refractivity contribution in [2.45, 2.75) is 130 Å². The van der Waals surface area contributed by atoms with Crippen LogP contribution in [0.2, 0.25) is 18.1 Å². The van der Waals surface area contributed by atoms with Gasteiger partial charge in [0.25, 0.3) is 5.69 Å². The van der Waals surface area contributed by atoms with E-state index in [1.54, 1.807) is 53.7 Å². The molecule has 1 saturated carbocycles. The highest BCUT2D eigenvalue weighted by atomic mass is 28.4. The summed E-state index contributed by atoms with van der Waals surface area (Å²) in [7, 11) is -2.30. The summed E-state index contributed by atoms with van der Waals surface area (Å²) < 4.78 is 30.0. The smallest absolute Gasteiger partial charge is 0.326 e. The predicted molar refractivity (Wildman–Crippen MR) is 177 cm³/mol. The number of ether oxygens (including phenoxy) is 4. The summed E-state index contributed by atoms with van der Waals surface area (Å²) in [5.74, 6) is -1.01. The first-order chi connectivity index (χ1) is 20.5. The van der Waals surface area contributed by atoms with Crippen molar-refractivity contribution in [3.63, 3.8) is 0 Å². The molecule has 0 N–H and O–H groups in total. The van der Waals surface area contributed by atoms with Gasteiger partial charge in [0.15, 0.2) is 8.32 Å². The van der Waals surface area contributed by atoms with Crippen molar-refractivity contribution in [1.82, 2.24) is 0 Å². The molecule has 0 bridgehead atoms. The largest absolute Gasteiger partial charge is 0.485 e. The monoisotopic (exact) mass is 650 g/mol. The van der Waals surface area contributed by atoms with E-state index in [1.807, 2.05) is 0 Å². The van der Waals surface area contributed by atoms with Crippen LogP contribution in [0.25, 0.3) is 0 Å². The lowest BCUT2D eigenvalue weighted by Gasteiger charge is -2.36. The summed E-state index contributed by atoms with van der Waals surface area (Å²) in [4.78, 5) is 39.7. The molecule has 254 valence electrons. The molecule has 0 amide bonds. The fourth-order valence-corrected chi connectivity index (χ4v) is 5.51. The zero-order valence-corrected chi connectivity index (χ0v) is 30.1. The van der Waals surface area contributed by atoms with E-state index in [2.05, 4.69) is 40.4 Å². The Balaban J connectivity index is 2.71. The second-order valence-corrected chi connectivity index (χ2v) is 19.8. The van der Waals surface area contributed by atoms with Crippen LogP contribution in [0.3, 0.4) is 0 Å². The van der Waals surface area contributed by atoms with Crippen LogP contribution in [0.15, 0.2) is 24.8 Å². The average molecular weight is 651 g/mol. The fourth-order valence-electron chi connectivity index (χ4n) is 4.56. The molecule has 1 aliphatic rings. The molecule has 1 aromatic rings. The Bertz CT molecular complexity index is 1180. The summed E-state index contributed by atoms with van der Waals surface area (Å²) in [5.41, 5.74) is -1.10. The highest BCUT2D eigenvalue weighted by molar-refractivity contribution is 6.74. The van der Waals surface area contributed by atoms with E-state index in [1.165, 1.54) is 11.0 Å². The summed E-state index contributed by atoms with van der Waals surface area (Å²) in [6.45, 7) is 24.3. The van der Waals surface area contributed by atoms with Gasteiger partial charge >= 0.3 is 11.9 Å².